The van der Waals surface area contributed by atoms with Crippen LogP contribution in [-0.2, 0) is 6.42 Å². The van der Waals surface area contributed by atoms with Crippen LogP contribution in [0, 0.1) is 5.92 Å². The summed E-state index contributed by atoms with van der Waals surface area (Å²) < 4.78 is 10.9. The van der Waals surface area contributed by atoms with E-state index in [9.17, 15) is 0 Å². The van der Waals surface area contributed by atoms with Gasteiger partial charge in [-0.15, -0.1) is 0 Å². The number of hydrogen-bond acceptors (Lipinski definition) is 4. The van der Waals surface area contributed by atoms with Gasteiger partial charge in [-0.1, -0.05) is 6.07 Å². The molecule has 0 amide bonds. The largest absolute Gasteiger partial charge is 0.486 e. The Bertz CT molecular complexity index is 350. The molecule has 0 radical (unpaired) electrons. The van der Waals surface area contributed by atoms with Crippen molar-refractivity contribution in [2.24, 2.45) is 11.7 Å². The molecule has 0 aromatic heterocycles. The lowest BCUT2D eigenvalue weighted by Gasteiger charge is -2.19. The van der Waals surface area contributed by atoms with Crippen molar-refractivity contribution in [3.8, 4) is 11.5 Å². The molecule has 1 aromatic rings. The number of aliphatic hydroxyl groups is 1. The Balaban J connectivity index is 2.10. The lowest BCUT2D eigenvalue weighted by atomic mass is 10.00. The lowest BCUT2D eigenvalue weighted by molar-refractivity contribution is 0.171. The molecule has 4 nitrogen and oxygen atoms in total. The van der Waals surface area contributed by atoms with Gasteiger partial charge in [-0.3, -0.25) is 0 Å². The molecule has 1 heterocycles. The quantitative estimate of drug-likeness (QED) is 0.783. The van der Waals surface area contributed by atoms with E-state index < -0.39 is 0 Å². The van der Waals surface area contributed by atoms with Gasteiger partial charge in [0.1, 0.15) is 13.2 Å². The number of nitrogens with two attached hydrogens (primary N) is 1. The smallest absolute Gasteiger partial charge is 0.161 e. The Labute approximate surface area is 95.0 Å². The van der Waals surface area contributed by atoms with E-state index in [-0.39, 0.29) is 12.5 Å². The second-order valence-corrected chi connectivity index (χ2v) is 3.97. The number of aliphatic hydroxyl groups excluding tert-OH is 1. The summed E-state index contributed by atoms with van der Waals surface area (Å²) in [5, 5.41) is 9.09. The van der Waals surface area contributed by atoms with E-state index in [1.54, 1.807) is 0 Å². The fourth-order valence-electron chi connectivity index (χ4n) is 1.77. The zero-order valence-electron chi connectivity index (χ0n) is 9.19. The van der Waals surface area contributed by atoms with Gasteiger partial charge in [-0.25, -0.2) is 0 Å². The first-order valence-corrected chi connectivity index (χ1v) is 5.53. The van der Waals surface area contributed by atoms with Gasteiger partial charge in [0, 0.05) is 6.61 Å². The van der Waals surface area contributed by atoms with Crippen molar-refractivity contribution < 1.29 is 14.6 Å². The molecule has 0 bridgehead atoms. The van der Waals surface area contributed by atoms with Crippen molar-refractivity contribution in [1.82, 2.24) is 0 Å². The predicted octanol–water partition coefficient (Wildman–Crippen LogP) is 0.567. The zero-order chi connectivity index (χ0) is 11.4. The van der Waals surface area contributed by atoms with Crippen LogP contribution in [0.25, 0.3) is 0 Å². The third-order valence-corrected chi connectivity index (χ3v) is 2.72. The Kier molecular flexibility index (Phi) is 3.64. The molecule has 0 aliphatic carbocycles. The normalized spacial score (nSPS) is 15.9. The summed E-state index contributed by atoms with van der Waals surface area (Å²) in [6, 6.07) is 5.87. The first kappa shape index (κ1) is 11.2. The second kappa shape index (κ2) is 5.18. The fourth-order valence-corrected chi connectivity index (χ4v) is 1.77. The van der Waals surface area contributed by atoms with Crippen LogP contribution >= 0.6 is 0 Å². The summed E-state index contributed by atoms with van der Waals surface area (Å²) in [6.45, 7) is 1.81. The number of fused-ring (bicyclic) bond motifs is 1. The summed E-state index contributed by atoms with van der Waals surface area (Å²) in [5.41, 5.74) is 6.67. The van der Waals surface area contributed by atoms with Crippen LogP contribution in [0.3, 0.4) is 0 Å². The van der Waals surface area contributed by atoms with E-state index in [0.29, 0.717) is 19.8 Å². The first-order valence-electron chi connectivity index (χ1n) is 5.53. The minimum absolute atomic E-state index is 0.113. The van der Waals surface area contributed by atoms with Crippen molar-refractivity contribution >= 4 is 0 Å². The van der Waals surface area contributed by atoms with Crippen molar-refractivity contribution in [1.29, 1.82) is 0 Å². The molecule has 1 aliphatic rings. The molecular weight excluding hydrogens is 206 g/mol. The average molecular weight is 223 g/mol. The molecule has 0 spiro atoms. The average Bonchev–Trinajstić information content (AvgIpc) is 2.35. The van der Waals surface area contributed by atoms with E-state index in [4.69, 9.17) is 20.3 Å². The summed E-state index contributed by atoms with van der Waals surface area (Å²) in [7, 11) is 0. The Hall–Kier alpha value is -1.26. The van der Waals surface area contributed by atoms with Crippen molar-refractivity contribution in [2.75, 3.05) is 26.4 Å². The van der Waals surface area contributed by atoms with E-state index in [1.165, 1.54) is 0 Å². The molecule has 1 unspecified atom stereocenters. The summed E-state index contributed by atoms with van der Waals surface area (Å²) in [4.78, 5) is 0. The zero-order valence-corrected chi connectivity index (χ0v) is 9.19. The minimum Gasteiger partial charge on any atom is -0.486 e. The highest BCUT2D eigenvalue weighted by Gasteiger charge is 2.13. The second-order valence-electron chi connectivity index (χ2n) is 3.97. The molecule has 1 aliphatic heterocycles. The highest BCUT2D eigenvalue weighted by molar-refractivity contribution is 5.43. The van der Waals surface area contributed by atoms with Gasteiger partial charge in [0.25, 0.3) is 0 Å². The van der Waals surface area contributed by atoms with Crippen LogP contribution in [0.1, 0.15) is 5.56 Å². The summed E-state index contributed by atoms with van der Waals surface area (Å²) >= 11 is 0. The minimum atomic E-state index is 0.113. The highest BCUT2D eigenvalue weighted by Crippen LogP contribution is 2.31. The molecule has 1 aromatic carbocycles. The van der Waals surface area contributed by atoms with E-state index >= 15 is 0 Å². The van der Waals surface area contributed by atoms with Gasteiger partial charge >= 0.3 is 0 Å². The van der Waals surface area contributed by atoms with Crippen LogP contribution in [0.2, 0.25) is 0 Å². The topological polar surface area (TPSA) is 64.7 Å². The maximum absolute atomic E-state index is 9.09. The Morgan fingerprint density at radius 3 is 2.69 bits per heavy atom. The molecular formula is C12H17NO3. The van der Waals surface area contributed by atoms with E-state index in [2.05, 4.69) is 0 Å². The molecule has 4 heteroatoms. The summed E-state index contributed by atoms with van der Waals surface area (Å²) in [6.07, 6.45) is 0.768. The number of rotatable bonds is 4. The molecule has 0 fully saturated rings. The summed E-state index contributed by atoms with van der Waals surface area (Å²) in [5.74, 6) is 1.70. The lowest BCUT2D eigenvalue weighted by Crippen LogP contribution is -2.20. The van der Waals surface area contributed by atoms with Crippen LogP contribution in [-0.4, -0.2) is 31.5 Å². The third-order valence-electron chi connectivity index (χ3n) is 2.72. The SMILES string of the molecule is NCC(CO)Cc1ccc2c(c1)OCCO2. The molecule has 16 heavy (non-hydrogen) atoms. The van der Waals surface area contributed by atoms with Gasteiger partial charge in [-0.05, 0) is 36.6 Å². The molecule has 1 atom stereocenters. The predicted molar refractivity (Wildman–Crippen MR) is 60.8 cm³/mol. The Morgan fingerprint density at radius 1 is 1.25 bits per heavy atom. The standard InChI is InChI=1S/C12H17NO3/c13-7-10(8-14)5-9-1-2-11-12(6-9)16-4-3-15-11/h1-2,6,10,14H,3-5,7-8,13H2. The maximum atomic E-state index is 9.09. The molecule has 3 N–H and O–H groups in total. The van der Waals surface area contributed by atoms with Gasteiger partial charge in [0.05, 0.1) is 0 Å². The van der Waals surface area contributed by atoms with Crippen LogP contribution < -0.4 is 15.2 Å². The van der Waals surface area contributed by atoms with Gasteiger partial charge < -0.3 is 20.3 Å². The molecule has 2 rings (SSSR count). The highest BCUT2D eigenvalue weighted by atomic mass is 16.6. The Morgan fingerprint density at radius 2 is 2.00 bits per heavy atom. The van der Waals surface area contributed by atoms with Crippen molar-refractivity contribution in [3.05, 3.63) is 23.8 Å². The number of hydrogen-bond donors (Lipinski definition) is 2. The van der Waals surface area contributed by atoms with E-state index in [1.807, 2.05) is 18.2 Å². The maximum Gasteiger partial charge on any atom is 0.161 e. The van der Waals surface area contributed by atoms with Gasteiger partial charge in [0.15, 0.2) is 11.5 Å². The molecule has 0 saturated heterocycles. The molecule has 0 saturated carbocycles. The first-order chi connectivity index (χ1) is 7.83. The fraction of sp³-hybridized carbons (Fsp3) is 0.500. The van der Waals surface area contributed by atoms with E-state index in [0.717, 1.165) is 23.5 Å². The van der Waals surface area contributed by atoms with Crippen molar-refractivity contribution in [3.63, 3.8) is 0 Å². The number of ether oxygens (including phenoxy) is 2. The number of benzene rings is 1. The third kappa shape index (κ3) is 2.46. The van der Waals surface area contributed by atoms with Gasteiger partial charge in [0.2, 0.25) is 0 Å². The van der Waals surface area contributed by atoms with Crippen LogP contribution in [0.5, 0.6) is 11.5 Å². The van der Waals surface area contributed by atoms with Gasteiger partial charge in [-0.2, -0.15) is 0 Å². The molecule has 88 valence electrons. The van der Waals surface area contributed by atoms with Crippen molar-refractivity contribution in [2.45, 2.75) is 6.42 Å². The van der Waals surface area contributed by atoms with Crippen LogP contribution in [0.4, 0.5) is 0 Å². The monoisotopic (exact) mass is 223 g/mol. The van der Waals surface area contributed by atoms with Crippen LogP contribution in [0.15, 0.2) is 18.2 Å².